The van der Waals surface area contributed by atoms with E-state index in [0.717, 1.165) is 18.3 Å². The van der Waals surface area contributed by atoms with Gasteiger partial charge in [0, 0.05) is 17.4 Å². The molecule has 0 spiro atoms. The summed E-state index contributed by atoms with van der Waals surface area (Å²) in [6.45, 7) is 0. The van der Waals surface area contributed by atoms with Crippen LogP contribution < -0.4 is 5.32 Å². The third-order valence-corrected chi connectivity index (χ3v) is 3.81. The van der Waals surface area contributed by atoms with Crippen molar-refractivity contribution in [2.75, 3.05) is 5.32 Å². The number of hydrogen-bond donors (Lipinski definition) is 2. The van der Waals surface area contributed by atoms with E-state index in [1.54, 1.807) is 0 Å². The van der Waals surface area contributed by atoms with E-state index in [4.69, 9.17) is 0 Å². The van der Waals surface area contributed by atoms with Gasteiger partial charge in [0.15, 0.2) is 5.78 Å². The first-order chi connectivity index (χ1) is 13.1. The lowest BCUT2D eigenvalue weighted by atomic mass is 10.0. The third kappa shape index (κ3) is 4.08. The molecule has 0 saturated carbocycles. The fraction of sp³-hybridized carbons (Fsp3) is 0.0526. The zero-order valence-electron chi connectivity index (χ0n) is 13.9. The number of H-pyrrole nitrogens is 1. The summed E-state index contributed by atoms with van der Waals surface area (Å²) >= 11 is 0. The zero-order valence-corrected chi connectivity index (χ0v) is 13.9. The lowest BCUT2D eigenvalue weighted by Gasteiger charge is -2.08. The first-order valence-corrected chi connectivity index (χ1v) is 7.82. The van der Waals surface area contributed by atoms with Gasteiger partial charge in [0.25, 0.3) is 5.91 Å². The molecule has 1 aromatic heterocycles. The van der Waals surface area contributed by atoms with Crippen LogP contribution in [0.15, 0.2) is 54.7 Å². The maximum absolute atomic E-state index is 13.9. The highest BCUT2D eigenvalue weighted by Gasteiger charge is 2.32. The number of nitrogens with one attached hydrogen (secondary N) is 2. The van der Waals surface area contributed by atoms with Gasteiger partial charge < -0.3 is 10.3 Å². The van der Waals surface area contributed by atoms with Crippen molar-refractivity contribution in [2.24, 2.45) is 0 Å². The van der Waals surface area contributed by atoms with Crippen LogP contribution in [0.4, 0.5) is 27.6 Å². The molecule has 0 bridgehead atoms. The normalized spacial score (nSPS) is 11.3. The van der Waals surface area contributed by atoms with Crippen LogP contribution in [0.25, 0.3) is 0 Å². The number of halogens is 5. The van der Waals surface area contributed by atoms with Crippen LogP contribution in [0.2, 0.25) is 0 Å². The van der Waals surface area contributed by atoms with Crippen LogP contribution in [-0.2, 0) is 6.18 Å². The summed E-state index contributed by atoms with van der Waals surface area (Å²) in [7, 11) is 0. The molecule has 1 heterocycles. The number of rotatable bonds is 4. The molecule has 28 heavy (non-hydrogen) atoms. The average molecular weight is 394 g/mol. The van der Waals surface area contributed by atoms with Crippen molar-refractivity contribution in [2.45, 2.75) is 6.18 Å². The Morgan fingerprint density at radius 2 is 1.71 bits per heavy atom. The molecular formula is C19H11F5N2O2. The Morgan fingerprint density at radius 1 is 0.964 bits per heavy atom. The Hall–Kier alpha value is -3.49. The summed E-state index contributed by atoms with van der Waals surface area (Å²) in [5, 5.41) is 2.39. The van der Waals surface area contributed by atoms with Crippen LogP contribution in [0.1, 0.15) is 32.0 Å². The predicted octanol–water partition coefficient (Wildman–Crippen LogP) is 4.80. The lowest BCUT2D eigenvalue weighted by molar-refractivity contribution is -0.137. The van der Waals surface area contributed by atoms with Crippen molar-refractivity contribution in [3.05, 3.63) is 88.7 Å². The fourth-order valence-corrected chi connectivity index (χ4v) is 2.45. The molecule has 0 aliphatic carbocycles. The number of carbonyl (C=O) groups is 2. The Labute approximate surface area is 155 Å². The smallest absolute Gasteiger partial charge is 0.356 e. The summed E-state index contributed by atoms with van der Waals surface area (Å²) < 4.78 is 65.4. The van der Waals surface area contributed by atoms with Crippen molar-refractivity contribution in [3.8, 4) is 0 Å². The topological polar surface area (TPSA) is 62.0 Å². The van der Waals surface area contributed by atoms with Gasteiger partial charge in [-0.2, -0.15) is 13.2 Å². The highest BCUT2D eigenvalue weighted by molar-refractivity contribution is 6.11. The monoisotopic (exact) mass is 394 g/mol. The summed E-state index contributed by atoms with van der Waals surface area (Å²) in [6, 6.07) is 7.64. The SMILES string of the molecule is O=C(Nc1cccc(F)c1)c1cc(C(=O)c2cc(C(F)(F)F)ccc2F)c[nH]1. The Bertz CT molecular complexity index is 1060. The number of amides is 1. The molecule has 2 aromatic carbocycles. The van der Waals surface area contributed by atoms with E-state index in [0.29, 0.717) is 18.2 Å². The van der Waals surface area contributed by atoms with Crippen LogP contribution in [-0.4, -0.2) is 16.7 Å². The van der Waals surface area contributed by atoms with Crippen LogP contribution in [0.3, 0.4) is 0 Å². The number of hydrogen-bond acceptors (Lipinski definition) is 2. The van der Waals surface area contributed by atoms with Crippen molar-refractivity contribution >= 4 is 17.4 Å². The first-order valence-electron chi connectivity index (χ1n) is 7.82. The van der Waals surface area contributed by atoms with Crippen molar-refractivity contribution in [3.63, 3.8) is 0 Å². The van der Waals surface area contributed by atoms with Gasteiger partial charge >= 0.3 is 6.18 Å². The number of aromatic amines is 1. The quantitative estimate of drug-likeness (QED) is 0.494. The number of carbonyl (C=O) groups excluding carboxylic acids is 2. The average Bonchev–Trinajstić information content (AvgIpc) is 3.11. The lowest BCUT2D eigenvalue weighted by Crippen LogP contribution is -2.12. The van der Waals surface area contributed by atoms with Crippen molar-refractivity contribution < 1.29 is 31.5 Å². The third-order valence-electron chi connectivity index (χ3n) is 3.81. The van der Waals surface area contributed by atoms with Gasteiger partial charge in [-0.15, -0.1) is 0 Å². The van der Waals surface area contributed by atoms with E-state index >= 15 is 0 Å². The molecule has 0 fully saturated rings. The molecular weight excluding hydrogens is 383 g/mol. The molecule has 9 heteroatoms. The van der Waals surface area contributed by atoms with Crippen molar-refractivity contribution in [1.29, 1.82) is 0 Å². The van der Waals surface area contributed by atoms with Crippen LogP contribution in [0.5, 0.6) is 0 Å². The number of anilines is 1. The van der Waals surface area contributed by atoms with Crippen LogP contribution in [0, 0.1) is 11.6 Å². The van der Waals surface area contributed by atoms with E-state index < -0.39 is 40.6 Å². The summed E-state index contributed by atoms with van der Waals surface area (Å²) in [5.74, 6) is -3.43. The number of benzene rings is 2. The second kappa shape index (κ2) is 7.26. The highest BCUT2D eigenvalue weighted by Crippen LogP contribution is 2.31. The number of alkyl halides is 3. The molecule has 0 saturated heterocycles. The molecule has 0 radical (unpaired) electrons. The van der Waals surface area contributed by atoms with E-state index in [2.05, 4.69) is 10.3 Å². The highest BCUT2D eigenvalue weighted by atomic mass is 19.4. The van der Waals surface area contributed by atoms with Gasteiger partial charge in [0.1, 0.15) is 17.3 Å². The molecule has 0 aliphatic rings. The molecule has 1 amide bonds. The van der Waals surface area contributed by atoms with Crippen LogP contribution >= 0.6 is 0 Å². The maximum Gasteiger partial charge on any atom is 0.416 e. The van der Waals surface area contributed by atoms with Gasteiger partial charge in [-0.1, -0.05) is 6.07 Å². The minimum absolute atomic E-state index is 0.111. The van der Waals surface area contributed by atoms with Gasteiger partial charge in [-0.05, 0) is 42.5 Å². The molecule has 3 rings (SSSR count). The standard InChI is InChI=1S/C19H11F5N2O2/c20-12-2-1-3-13(8-12)26-18(28)16-6-10(9-25-16)17(27)14-7-11(19(22,23)24)4-5-15(14)21/h1-9,25H,(H,26,28). The molecule has 4 nitrogen and oxygen atoms in total. The summed E-state index contributed by atoms with van der Waals surface area (Å²) in [4.78, 5) is 27.0. The molecule has 144 valence electrons. The largest absolute Gasteiger partial charge is 0.416 e. The fourth-order valence-electron chi connectivity index (χ4n) is 2.45. The molecule has 0 atom stereocenters. The number of ketones is 1. The molecule has 3 aromatic rings. The first kappa shape index (κ1) is 19.3. The minimum Gasteiger partial charge on any atom is -0.356 e. The number of aromatic nitrogens is 1. The minimum atomic E-state index is -4.74. The Morgan fingerprint density at radius 3 is 2.39 bits per heavy atom. The van der Waals surface area contributed by atoms with Gasteiger partial charge in [-0.25, -0.2) is 8.78 Å². The van der Waals surface area contributed by atoms with Gasteiger partial charge in [0.2, 0.25) is 0 Å². The Balaban J connectivity index is 1.84. The predicted molar refractivity (Wildman–Crippen MR) is 90.0 cm³/mol. The summed E-state index contributed by atoms with van der Waals surface area (Å²) in [5.41, 5.74) is -2.10. The second-order valence-electron chi connectivity index (χ2n) is 5.79. The summed E-state index contributed by atoms with van der Waals surface area (Å²) in [6.07, 6.45) is -3.67. The van der Waals surface area contributed by atoms with E-state index in [1.165, 1.54) is 18.2 Å². The van der Waals surface area contributed by atoms with E-state index in [-0.39, 0.29) is 16.9 Å². The second-order valence-corrected chi connectivity index (χ2v) is 5.79. The maximum atomic E-state index is 13.9. The van der Waals surface area contributed by atoms with E-state index in [1.807, 2.05) is 0 Å². The zero-order chi connectivity index (χ0) is 20.5. The molecule has 0 aliphatic heterocycles. The van der Waals surface area contributed by atoms with E-state index in [9.17, 15) is 31.5 Å². The van der Waals surface area contributed by atoms with Gasteiger partial charge in [0.05, 0.1) is 11.1 Å². The molecule has 2 N–H and O–H groups in total. The van der Waals surface area contributed by atoms with Gasteiger partial charge in [-0.3, -0.25) is 9.59 Å². The van der Waals surface area contributed by atoms with Crippen molar-refractivity contribution in [1.82, 2.24) is 4.98 Å². The Kier molecular flexibility index (Phi) is 5.00. The molecule has 0 unspecified atom stereocenters.